The molecule has 2 unspecified atom stereocenters. The van der Waals surface area contributed by atoms with Crippen LogP contribution in [0, 0.1) is 11.6 Å². The van der Waals surface area contributed by atoms with E-state index in [-0.39, 0.29) is 57.7 Å². The van der Waals surface area contributed by atoms with Crippen LogP contribution in [0.3, 0.4) is 0 Å². The van der Waals surface area contributed by atoms with Crippen LogP contribution in [0.2, 0.25) is 5.02 Å². The predicted octanol–water partition coefficient (Wildman–Crippen LogP) is 6.01. The summed E-state index contributed by atoms with van der Waals surface area (Å²) in [5, 5.41) is 16.4. The van der Waals surface area contributed by atoms with E-state index in [9.17, 15) is 9.90 Å². The largest absolute Gasteiger partial charge is 0.486 e. The van der Waals surface area contributed by atoms with E-state index in [0.717, 1.165) is 24.8 Å². The van der Waals surface area contributed by atoms with Gasteiger partial charge in [0.1, 0.15) is 17.7 Å². The highest BCUT2D eigenvalue weighted by Crippen LogP contribution is 2.58. The lowest BCUT2D eigenvalue weighted by Crippen LogP contribution is -2.48. The molecule has 2 saturated carbocycles. The SMILES string of the molecule is CNC(=O)c1cc2c(c(F)c1-c1c(Cl)c(F)cc3c1C[C@@](CN[C@H]1CC[C@](C)(O)CC1)(c1ccccc1)O3)OC1CC21. The molecule has 220 valence electrons. The van der Waals surface area contributed by atoms with E-state index in [1.165, 1.54) is 13.1 Å². The molecule has 3 N–H and O–H groups in total. The second kappa shape index (κ2) is 9.93. The zero-order valence-corrected chi connectivity index (χ0v) is 24.3. The minimum atomic E-state index is -0.937. The third kappa shape index (κ3) is 4.46. The molecule has 4 aliphatic rings. The lowest BCUT2D eigenvalue weighted by Gasteiger charge is -2.36. The molecule has 3 aromatic rings. The first-order valence-corrected chi connectivity index (χ1v) is 15.0. The van der Waals surface area contributed by atoms with Crippen molar-refractivity contribution in [3.05, 3.63) is 81.4 Å². The fourth-order valence-corrected chi connectivity index (χ4v) is 7.21. The molecular formula is C33H33ClF2N2O4. The molecule has 1 amide bonds. The number of rotatable bonds is 6. The maximum atomic E-state index is 16.4. The second-order valence-electron chi connectivity index (χ2n) is 12.4. The standard InChI is InChI=1S/C33H33ClF2N2O4/c1-32(40)10-8-18(9-11-32)38-16-33(17-6-4-3-5-7-17)15-22-25(42-33)14-23(35)28(34)26(22)27-21(31(39)37-2)12-20-19-13-24(19)41-30(20)29(27)36/h3-7,12,14,18-19,24,38,40H,8-11,13,15-16H2,1-2H3,(H,37,39)/t18-,19?,24?,32-,33-/m1/s1. The average Bonchev–Trinajstić information content (AvgIpc) is 3.52. The number of benzene rings is 3. The summed E-state index contributed by atoms with van der Waals surface area (Å²) >= 11 is 6.65. The third-order valence-corrected chi connectivity index (χ3v) is 9.83. The Labute approximate surface area is 248 Å². The average molecular weight is 595 g/mol. The number of aliphatic hydroxyl groups is 1. The third-order valence-electron chi connectivity index (χ3n) is 9.47. The van der Waals surface area contributed by atoms with Gasteiger partial charge < -0.3 is 25.2 Å². The first-order valence-electron chi connectivity index (χ1n) is 14.6. The normalized spacial score (nSPS) is 28.8. The molecule has 2 aliphatic heterocycles. The monoisotopic (exact) mass is 594 g/mol. The van der Waals surface area contributed by atoms with Gasteiger partial charge in [-0.25, -0.2) is 8.78 Å². The van der Waals surface area contributed by atoms with Gasteiger partial charge >= 0.3 is 0 Å². The van der Waals surface area contributed by atoms with Gasteiger partial charge in [-0.15, -0.1) is 0 Å². The quantitative estimate of drug-likeness (QED) is 0.326. The van der Waals surface area contributed by atoms with Crippen LogP contribution in [-0.4, -0.2) is 42.4 Å². The van der Waals surface area contributed by atoms with Crippen molar-refractivity contribution in [2.24, 2.45) is 0 Å². The molecule has 3 atom stereocenters. The molecule has 9 heteroatoms. The fourth-order valence-electron chi connectivity index (χ4n) is 6.94. The number of hydrogen-bond donors (Lipinski definition) is 3. The topological polar surface area (TPSA) is 79.8 Å². The highest BCUT2D eigenvalue weighted by Gasteiger charge is 2.51. The van der Waals surface area contributed by atoms with Crippen LogP contribution in [0.4, 0.5) is 8.78 Å². The van der Waals surface area contributed by atoms with Crippen molar-refractivity contribution in [3.8, 4) is 22.6 Å². The zero-order valence-electron chi connectivity index (χ0n) is 23.5. The Hall–Kier alpha value is -3.20. The molecule has 0 radical (unpaired) electrons. The van der Waals surface area contributed by atoms with Crippen molar-refractivity contribution >= 4 is 17.5 Å². The Morgan fingerprint density at radius 2 is 1.88 bits per heavy atom. The van der Waals surface area contributed by atoms with Crippen molar-refractivity contribution in [2.75, 3.05) is 13.6 Å². The Morgan fingerprint density at radius 1 is 1.14 bits per heavy atom. The van der Waals surface area contributed by atoms with Crippen molar-refractivity contribution in [1.82, 2.24) is 10.6 Å². The van der Waals surface area contributed by atoms with E-state index in [2.05, 4.69) is 10.6 Å². The molecule has 0 bridgehead atoms. The van der Waals surface area contributed by atoms with Gasteiger partial charge in [-0.05, 0) is 50.7 Å². The second-order valence-corrected chi connectivity index (χ2v) is 12.8. The number of ether oxygens (including phenoxy) is 2. The smallest absolute Gasteiger partial charge is 0.251 e. The van der Waals surface area contributed by atoms with Gasteiger partial charge in [0, 0.05) is 60.3 Å². The van der Waals surface area contributed by atoms with Gasteiger partial charge in [0.15, 0.2) is 17.2 Å². The van der Waals surface area contributed by atoms with Crippen LogP contribution in [0.25, 0.3) is 11.1 Å². The lowest BCUT2D eigenvalue weighted by atomic mass is 9.82. The van der Waals surface area contributed by atoms with Crippen molar-refractivity contribution in [3.63, 3.8) is 0 Å². The van der Waals surface area contributed by atoms with Crippen LogP contribution >= 0.6 is 11.6 Å². The maximum absolute atomic E-state index is 16.4. The molecule has 7 rings (SSSR count). The number of halogens is 3. The summed E-state index contributed by atoms with van der Waals surface area (Å²) in [5.41, 5.74) is 0.596. The summed E-state index contributed by atoms with van der Waals surface area (Å²) in [6, 6.07) is 12.8. The van der Waals surface area contributed by atoms with Crippen molar-refractivity contribution in [2.45, 2.75) is 74.7 Å². The van der Waals surface area contributed by atoms with Gasteiger partial charge in [-0.2, -0.15) is 0 Å². The molecule has 0 spiro atoms. The number of fused-ring (bicyclic) bond motifs is 4. The highest BCUT2D eigenvalue weighted by molar-refractivity contribution is 6.34. The summed E-state index contributed by atoms with van der Waals surface area (Å²) in [5.74, 6) is -1.54. The molecule has 0 aromatic heterocycles. The Morgan fingerprint density at radius 3 is 2.60 bits per heavy atom. The van der Waals surface area contributed by atoms with E-state index in [4.69, 9.17) is 21.1 Å². The number of carbonyl (C=O) groups excluding carboxylic acids is 1. The van der Waals surface area contributed by atoms with Crippen LogP contribution in [0.15, 0.2) is 42.5 Å². The van der Waals surface area contributed by atoms with E-state index in [0.29, 0.717) is 30.5 Å². The lowest BCUT2D eigenvalue weighted by molar-refractivity contribution is 0.0104. The first kappa shape index (κ1) is 27.6. The van der Waals surface area contributed by atoms with Crippen LogP contribution < -0.4 is 20.1 Å². The van der Waals surface area contributed by atoms with Crippen LogP contribution in [-0.2, 0) is 12.0 Å². The molecule has 2 heterocycles. The predicted molar refractivity (Wildman–Crippen MR) is 155 cm³/mol. The summed E-state index contributed by atoms with van der Waals surface area (Å²) in [4.78, 5) is 13.1. The number of hydrogen-bond acceptors (Lipinski definition) is 5. The summed E-state index contributed by atoms with van der Waals surface area (Å²) in [6.07, 6.45) is 3.97. The highest BCUT2D eigenvalue weighted by atomic mass is 35.5. The van der Waals surface area contributed by atoms with Gasteiger partial charge in [0.2, 0.25) is 0 Å². The summed E-state index contributed by atoms with van der Waals surface area (Å²) in [7, 11) is 1.48. The minimum absolute atomic E-state index is 0.0595. The van der Waals surface area contributed by atoms with E-state index >= 15 is 8.78 Å². The molecule has 42 heavy (non-hydrogen) atoms. The zero-order chi connectivity index (χ0) is 29.4. The Balaban J connectivity index is 1.33. The number of carbonyl (C=O) groups is 1. The molecule has 2 fully saturated rings. The van der Waals surface area contributed by atoms with Gasteiger partial charge in [-0.3, -0.25) is 4.79 Å². The number of nitrogens with one attached hydrogen (secondary N) is 2. The first-order chi connectivity index (χ1) is 20.1. The molecular weight excluding hydrogens is 562 g/mol. The molecule has 2 aliphatic carbocycles. The molecule has 6 nitrogen and oxygen atoms in total. The maximum Gasteiger partial charge on any atom is 0.251 e. The summed E-state index contributed by atoms with van der Waals surface area (Å²) < 4.78 is 44.4. The van der Waals surface area contributed by atoms with Crippen LogP contribution in [0.5, 0.6) is 11.5 Å². The van der Waals surface area contributed by atoms with E-state index < -0.39 is 28.7 Å². The van der Waals surface area contributed by atoms with Gasteiger partial charge in [0.05, 0.1) is 16.2 Å². The van der Waals surface area contributed by atoms with E-state index in [1.807, 2.05) is 37.3 Å². The number of amides is 1. The molecule has 3 aromatic carbocycles. The Bertz CT molecular complexity index is 1590. The fraction of sp³-hybridized carbons (Fsp3) is 0.424. The molecule has 0 saturated heterocycles. The Kier molecular flexibility index (Phi) is 6.53. The summed E-state index contributed by atoms with van der Waals surface area (Å²) in [6.45, 7) is 2.27. The van der Waals surface area contributed by atoms with Gasteiger partial charge in [-0.1, -0.05) is 41.9 Å². The van der Waals surface area contributed by atoms with Crippen LogP contribution in [0.1, 0.15) is 72.0 Å². The minimum Gasteiger partial charge on any atom is -0.486 e. The van der Waals surface area contributed by atoms with E-state index in [1.54, 1.807) is 6.07 Å². The van der Waals surface area contributed by atoms with Crippen molar-refractivity contribution in [1.29, 1.82) is 0 Å². The van der Waals surface area contributed by atoms with Crippen molar-refractivity contribution < 1.29 is 28.2 Å². The van der Waals surface area contributed by atoms with Gasteiger partial charge in [0.25, 0.3) is 5.91 Å².